The molecule has 0 aliphatic carbocycles. The van der Waals surface area contributed by atoms with E-state index in [1.54, 1.807) is 0 Å². The monoisotopic (exact) mass is 394 g/mol. The zero-order valence-electron chi connectivity index (χ0n) is 11.8. The van der Waals surface area contributed by atoms with Crippen molar-refractivity contribution in [3.8, 4) is 0 Å². The molecule has 0 amide bonds. The molecule has 2 rings (SSSR count). The quantitative estimate of drug-likeness (QED) is 0.777. The van der Waals surface area contributed by atoms with Gasteiger partial charge in [-0.1, -0.05) is 23.2 Å². The molecule has 5 nitrogen and oxygen atoms in total. The second-order valence-electron chi connectivity index (χ2n) is 4.52. The molecular weight excluding hydrogens is 383 g/mol. The Labute approximate surface area is 144 Å². The van der Waals surface area contributed by atoms with Crippen LogP contribution < -0.4 is 0 Å². The Kier molecular flexibility index (Phi) is 5.37. The van der Waals surface area contributed by atoms with E-state index in [0.717, 1.165) is 7.11 Å². The third-order valence-corrected chi connectivity index (χ3v) is 8.26. The summed E-state index contributed by atoms with van der Waals surface area (Å²) in [5, 5.41) is 0.664. The molecule has 0 aliphatic heterocycles. The van der Waals surface area contributed by atoms with Crippen molar-refractivity contribution >= 4 is 42.9 Å². The Bertz CT molecular complexity index is 814. The molecule has 2 aromatic carbocycles. The zero-order valence-corrected chi connectivity index (χ0v) is 15.0. The molecule has 0 unspecified atom stereocenters. The summed E-state index contributed by atoms with van der Waals surface area (Å²) in [7, 11) is -7.55. The van der Waals surface area contributed by atoms with E-state index in [1.807, 2.05) is 0 Å². The first-order valence-electron chi connectivity index (χ1n) is 6.21. The third-order valence-electron chi connectivity index (χ3n) is 2.98. The van der Waals surface area contributed by atoms with Crippen LogP contribution in [-0.4, -0.2) is 28.7 Å². The minimum Gasteiger partial charge on any atom is -0.352 e. The summed E-state index contributed by atoms with van der Waals surface area (Å²) in [6.07, 6.45) is 0. The maximum Gasteiger partial charge on any atom is 0.269 e. The summed E-state index contributed by atoms with van der Waals surface area (Å²) < 4.78 is 53.1. The number of sulfone groups is 2. The lowest BCUT2D eigenvalue weighted by Crippen LogP contribution is -2.32. The molecule has 0 spiro atoms. The predicted octanol–water partition coefficient (Wildman–Crippen LogP) is 3.17. The molecule has 0 atom stereocenters. The van der Waals surface area contributed by atoms with Crippen LogP contribution in [-0.2, 0) is 24.4 Å². The predicted molar refractivity (Wildman–Crippen MR) is 88.1 cm³/mol. The molecular formula is C14H12Cl2O5S2. The lowest BCUT2D eigenvalue weighted by molar-refractivity contribution is 0.216. The highest BCUT2D eigenvalue weighted by atomic mass is 35.5. The minimum atomic E-state index is -4.29. The first-order valence-corrected chi connectivity index (χ1v) is 10.1. The Morgan fingerprint density at radius 2 is 1.04 bits per heavy atom. The van der Waals surface area contributed by atoms with Crippen molar-refractivity contribution in [3.05, 3.63) is 58.6 Å². The van der Waals surface area contributed by atoms with E-state index in [-0.39, 0.29) is 9.79 Å². The fraction of sp³-hybridized carbons (Fsp3) is 0.143. The third kappa shape index (κ3) is 3.70. The van der Waals surface area contributed by atoms with Gasteiger partial charge in [-0.2, -0.15) is 0 Å². The van der Waals surface area contributed by atoms with E-state index < -0.39 is 24.4 Å². The second-order valence-corrected chi connectivity index (χ2v) is 9.67. The Morgan fingerprint density at radius 3 is 1.30 bits per heavy atom. The fourth-order valence-electron chi connectivity index (χ4n) is 1.89. The smallest absolute Gasteiger partial charge is 0.269 e. The van der Waals surface area contributed by atoms with Gasteiger partial charge >= 0.3 is 0 Å². The summed E-state index contributed by atoms with van der Waals surface area (Å²) in [5.41, 5.74) is 0. The van der Waals surface area contributed by atoms with E-state index in [2.05, 4.69) is 0 Å². The van der Waals surface area contributed by atoms with E-state index in [4.69, 9.17) is 27.9 Å². The first-order chi connectivity index (χ1) is 10.7. The highest BCUT2D eigenvalue weighted by Gasteiger charge is 2.40. The van der Waals surface area contributed by atoms with Crippen LogP contribution in [0.4, 0.5) is 0 Å². The highest BCUT2D eigenvalue weighted by molar-refractivity contribution is 8.08. The van der Waals surface area contributed by atoms with Gasteiger partial charge in [0.25, 0.3) is 4.77 Å². The van der Waals surface area contributed by atoms with Crippen molar-refractivity contribution in [3.63, 3.8) is 0 Å². The van der Waals surface area contributed by atoms with Gasteiger partial charge < -0.3 is 4.74 Å². The van der Waals surface area contributed by atoms with Gasteiger partial charge in [0.15, 0.2) is 0 Å². The van der Waals surface area contributed by atoms with E-state index in [1.165, 1.54) is 48.5 Å². The van der Waals surface area contributed by atoms with Gasteiger partial charge in [0.1, 0.15) is 0 Å². The number of hydrogen-bond donors (Lipinski definition) is 0. The number of methoxy groups -OCH3 is 1. The molecule has 0 aliphatic rings. The summed E-state index contributed by atoms with van der Waals surface area (Å²) in [6.45, 7) is 0. The number of benzene rings is 2. The largest absolute Gasteiger partial charge is 0.352 e. The average molecular weight is 395 g/mol. The van der Waals surface area contributed by atoms with Crippen LogP contribution in [0.1, 0.15) is 0 Å². The minimum absolute atomic E-state index is 0.203. The van der Waals surface area contributed by atoms with Crippen molar-refractivity contribution in [1.82, 2.24) is 0 Å². The molecule has 0 heterocycles. The van der Waals surface area contributed by atoms with Gasteiger partial charge in [0, 0.05) is 17.2 Å². The SMILES string of the molecule is COC(S(=O)(=O)c1ccc(Cl)cc1)S(=O)(=O)c1ccc(Cl)cc1. The summed E-state index contributed by atoms with van der Waals surface area (Å²) in [6, 6.07) is 10.3. The first kappa shape index (κ1) is 18.2. The van der Waals surface area contributed by atoms with Crippen LogP contribution >= 0.6 is 23.2 Å². The van der Waals surface area contributed by atoms with Crippen molar-refractivity contribution in [2.45, 2.75) is 14.6 Å². The van der Waals surface area contributed by atoms with Gasteiger partial charge in [0.05, 0.1) is 9.79 Å². The second kappa shape index (κ2) is 6.78. The van der Waals surface area contributed by atoms with E-state index in [0.29, 0.717) is 10.0 Å². The maximum absolute atomic E-state index is 12.6. The molecule has 0 bridgehead atoms. The normalized spacial score (nSPS) is 12.5. The van der Waals surface area contributed by atoms with Crippen molar-refractivity contribution < 1.29 is 21.6 Å². The standard InChI is InChI=1S/C14H12Cl2O5S2/c1-21-14(22(17,18)12-6-2-10(15)3-7-12)23(19,20)13-8-4-11(16)5-9-13/h2-9,14H,1H3. The molecule has 0 N–H and O–H groups in total. The Morgan fingerprint density at radius 1 is 0.739 bits per heavy atom. The lowest BCUT2D eigenvalue weighted by Gasteiger charge is -2.17. The number of ether oxygens (including phenoxy) is 1. The number of hydrogen-bond acceptors (Lipinski definition) is 5. The van der Waals surface area contributed by atoms with Gasteiger partial charge in [-0.15, -0.1) is 0 Å². The summed E-state index contributed by atoms with van der Waals surface area (Å²) in [4.78, 5) is -0.405. The van der Waals surface area contributed by atoms with Crippen molar-refractivity contribution in [1.29, 1.82) is 0 Å². The lowest BCUT2D eigenvalue weighted by atomic mass is 10.4. The maximum atomic E-state index is 12.6. The fourth-order valence-corrected chi connectivity index (χ4v) is 6.13. The van der Waals surface area contributed by atoms with Gasteiger partial charge in [-0.05, 0) is 48.5 Å². The molecule has 0 aromatic heterocycles. The van der Waals surface area contributed by atoms with Gasteiger partial charge in [-0.3, -0.25) is 0 Å². The zero-order chi connectivity index (χ0) is 17.3. The van der Waals surface area contributed by atoms with Crippen LogP contribution in [0, 0.1) is 0 Å². The Hall–Kier alpha value is -1.12. The average Bonchev–Trinajstić information content (AvgIpc) is 2.48. The van der Waals surface area contributed by atoms with E-state index >= 15 is 0 Å². The van der Waals surface area contributed by atoms with Crippen molar-refractivity contribution in [2.75, 3.05) is 7.11 Å². The molecule has 0 saturated carbocycles. The molecule has 0 radical (unpaired) electrons. The molecule has 9 heteroatoms. The Balaban J connectivity index is 2.53. The topological polar surface area (TPSA) is 77.5 Å². The van der Waals surface area contributed by atoms with Gasteiger partial charge in [0.2, 0.25) is 19.7 Å². The summed E-state index contributed by atoms with van der Waals surface area (Å²) >= 11 is 11.4. The van der Waals surface area contributed by atoms with Crippen LogP contribution in [0.2, 0.25) is 10.0 Å². The molecule has 0 fully saturated rings. The van der Waals surface area contributed by atoms with Crippen LogP contribution in [0.25, 0.3) is 0 Å². The molecule has 0 saturated heterocycles. The highest BCUT2D eigenvalue weighted by Crippen LogP contribution is 2.27. The molecule has 124 valence electrons. The van der Waals surface area contributed by atoms with E-state index in [9.17, 15) is 16.8 Å². The van der Waals surface area contributed by atoms with Crippen molar-refractivity contribution in [2.24, 2.45) is 0 Å². The number of halogens is 2. The van der Waals surface area contributed by atoms with Crippen LogP contribution in [0.15, 0.2) is 58.3 Å². The number of rotatable bonds is 5. The molecule has 23 heavy (non-hydrogen) atoms. The molecule has 2 aromatic rings. The summed E-state index contributed by atoms with van der Waals surface area (Å²) in [5.74, 6) is 0. The van der Waals surface area contributed by atoms with Crippen LogP contribution in [0.5, 0.6) is 0 Å². The van der Waals surface area contributed by atoms with Gasteiger partial charge in [-0.25, -0.2) is 16.8 Å². The van der Waals surface area contributed by atoms with Crippen LogP contribution in [0.3, 0.4) is 0 Å².